The molecule has 0 saturated carbocycles. The van der Waals surface area contributed by atoms with Gasteiger partial charge in [-0.1, -0.05) is 24.3 Å². The first-order valence-corrected chi connectivity index (χ1v) is 6.80. The molecule has 106 valence electrons. The molecule has 0 fully saturated rings. The molecular formula is C17H16FN3. The van der Waals surface area contributed by atoms with Crippen molar-refractivity contribution in [3.8, 4) is 0 Å². The molecule has 0 spiro atoms. The maximum Gasteiger partial charge on any atom is 0.141 e. The molecule has 4 heteroatoms. The Kier molecular flexibility index (Phi) is 3.39. The second-order valence-electron chi connectivity index (χ2n) is 5.45. The Morgan fingerprint density at radius 1 is 1.10 bits per heavy atom. The van der Waals surface area contributed by atoms with Crippen molar-refractivity contribution in [2.75, 3.05) is 0 Å². The molecule has 1 atom stereocenters. The number of hydrogen-bond donors (Lipinski definition) is 1. The van der Waals surface area contributed by atoms with Gasteiger partial charge < -0.3 is 5.73 Å². The molecule has 2 N–H and O–H groups in total. The van der Waals surface area contributed by atoms with Gasteiger partial charge in [0.25, 0.3) is 0 Å². The normalized spacial score (nSPS) is 14.0. The van der Waals surface area contributed by atoms with E-state index in [4.69, 9.17) is 5.73 Å². The van der Waals surface area contributed by atoms with Gasteiger partial charge in [-0.25, -0.2) is 4.39 Å². The van der Waals surface area contributed by atoms with E-state index >= 15 is 0 Å². The zero-order chi connectivity index (χ0) is 14.9. The lowest BCUT2D eigenvalue weighted by Crippen LogP contribution is -2.36. The van der Waals surface area contributed by atoms with E-state index in [0.717, 1.165) is 16.6 Å². The van der Waals surface area contributed by atoms with Gasteiger partial charge in [-0.2, -0.15) is 0 Å². The second-order valence-corrected chi connectivity index (χ2v) is 5.45. The Morgan fingerprint density at radius 3 is 2.67 bits per heavy atom. The van der Waals surface area contributed by atoms with E-state index in [1.165, 1.54) is 12.3 Å². The van der Waals surface area contributed by atoms with Crippen molar-refractivity contribution in [2.45, 2.75) is 18.9 Å². The number of benzene rings is 1. The Morgan fingerprint density at radius 2 is 1.90 bits per heavy atom. The minimum Gasteiger partial charge on any atom is -0.320 e. The average molecular weight is 281 g/mol. The molecule has 21 heavy (non-hydrogen) atoms. The number of para-hydroxylation sites is 1. The topological polar surface area (TPSA) is 51.8 Å². The molecule has 2 heterocycles. The smallest absolute Gasteiger partial charge is 0.141 e. The van der Waals surface area contributed by atoms with Gasteiger partial charge in [-0.3, -0.25) is 9.97 Å². The summed E-state index contributed by atoms with van der Waals surface area (Å²) >= 11 is 0. The highest BCUT2D eigenvalue weighted by molar-refractivity contribution is 5.78. The SMILES string of the molecule is CC(N)(Cc1ccc2ccccc2n1)c1ccc(F)cn1. The first kappa shape index (κ1) is 13.6. The van der Waals surface area contributed by atoms with Crippen LogP contribution in [0.25, 0.3) is 10.9 Å². The number of nitrogens with zero attached hydrogens (tertiary/aromatic N) is 2. The van der Waals surface area contributed by atoms with Crippen molar-refractivity contribution in [3.05, 3.63) is 71.9 Å². The van der Waals surface area contributed by atoms with Crippen LogP contribution < -0.4 is 5.73 Å². The van der Waals surface area contributed by atoms with Crippen LogP contribution in [-0.2, 0) is 12.0 Å². The van der Waals surface area contributed by atoms with Crippen LogP contribution in [0.2, 0.25) is 0 Å². The third-order valence-corrected chi connectivity index (χ3v) is 3.52. The molecular weight excluding hydrogens is 265 g/mol. The van der Waals surface area contributed by atoms with Crippen LogP contribution >= 0.6 is 0 Å². The zero-order valence-electron chi connectivity index (χ0n) is 11.8. The highest BCUT2D eigenvalue weighted by Crippen LogP contribution is 2.21. The van der Waals surface area contributed by atoms with Crippen molar-refractivity contribution in [1.29, 1.82) is 0 Å². The van der Waals surface area contributed by atoms with Gasteiger partial charge in [0.2, 0.25) is 0 Å². The quantitative estimate of drug-likeness (QED) is 0.802. The maximum atomic E-state index is 13.0. The summed E-state index contributed by atoms with van der Waals surface area (Å²) in [5, 5.41) is 1.10. The third-order valence-electron chi connectivity index (χ3n) is 3.52. The monoisotopic (exact) mass is 281 g/mol. The summed E-state index contributed by atoms with van der Waals surface area (Å²) < 4.78 is 13.0. The van der Waals surface area contributed by atoms with Crippen LogP contribution in [0.1, 0.15) is 18.3 Å². The van der Waals surface area contributed by atoms with Crippen LogP contribution in [0.3, 0.4) is 0 Å². The van der Waals surface area contributed by atoms with Crippen LogP contribution in [-0.4, -0.2) is 9.97 Å². The molecule has 2 aromatic heterocycles. The average Bonchev–Trinajstić information content (AvgIpc) is 2.47. The van der Waals surface area contributed by atoms with E-state index < -0.39 is 5.54 Å². The lowest BCUT2D eigenvalue weighted by molar-refractivity contribution is 0.468. The van der Waals surface area contributed by atoms with E-state index in [1.807, 2.05) is 43.3 Å². The highest BCUT2D eigenvalue weighted by Gasteiger charge is 2.24. The van der Waals surface area contributed by atoms with Crippen LogP contribution in [0.4, 0.5) is 4.39 Å². The van der Waals surface area contributed by atoms with Gasteiger partial charge in [0, 0.05) is 17.5 Å². The van der Waals surface area contributed by atoms with Gasteiger partial charge in [-0.05, 0) is 31.2 Å². The Hall–Kier alpha value is -2.33. The number of nitrogens with two attached hydrogens (primary N) is 1. The van der Waals surface area contributed by atoms with E-state index in [2.05, 4.69) is 9.97 Å². The second kappa shape index (κ2) is 5.22. The van der Waals surface area contributed by atoms with E-state index in [9.17, 15) is 4.39 Å². The van der Waals surface area contributed by atoms with Crippen LogP contribution in [0.5, 0.6) is 0 Å². The molecule has 3 aromatic rings. The summed E-state index contributed by atoms with van der Waals surface area (Å²) in [5.41, 5.74) is 8.14. The molecule has 1 unspecified atom stereocenters. The fraction of sp³-hybridized carbons (Fsp3) is 0.176. The van der Waals surface area contributed by atoms with Gasteiger partial charge in [0.15, 0.2) is 0 Å². The van der Waals surface area contributed by atoms with E-state index in [-0.39, 0.29) is 5.82 Å². The summed E-state index contributed by atoms with van der Waals surface area (Å²) in [6.45, 7) is 1.88. The molecule has 3 nitrogen and oxygen atoms in total. The summed E-state index contributed by atoms with van der Waals surface area (Å²) in [6, 6.07) is 14.9. The minimum absolute atomic E-state index is 0.363. The molecule has 1 aromatic carbocycles. The number of fused-ring (bicyclic) bond motifs is 1. The molecule has 0 saturated heterocycles. The lowest BCUT2D eigenvalue weighted by Gasteiger charge is -2.23. The van der Waals surface area contributed by atoms with Crippen molar-refractivity contribution in [3.63, 3.8) is 0 Å². The van der Waals surface area contributed by atoms with Crippen molar-refractivity contribution < 1.29 is 4.39 Å². The van der Waals surface area contributed by atoms with Gasteiger partial charge in [-0.15, -0.1) is 0 Å². The molecule has 0 bridgehead atoms. The molecule has 0 radical (unpaired) electrons. The minimum atomic E-state index is -0.691. The number of aromatic nitrogens is 2. The fourth-order valence-electron chi connectivity index (χ4n) is 2.39. The number of pyridine rings is 2. The predicted octanol–water partition coefficient (Wildman–Crippen LogP) is 3.19. The molecule has 0 aliphatic heterocycles. The standard InChI is InChI=1S/C17H16FN3/c1-17(19,16-9-7-13(18)11-20-16)10-14-8-6-12-4-2-3-5-15(12)21-14/h2-9,11H,10,19H2,1H3. The third kappa shape index (κ3) is 2.90. The number of halogens is 1. The summed E-state index contributed by atoms with van der Waals surface area (Å²) in [5.74, 6) is -0.363. The van der Waals surface area contributed by atoms with Crippen LogP contribution in [0.15, 0.2) is 54.7 Å². The number of hydrogen-bond acceptors (Lipinski definition) is 3. The largest absolute Gasteiger partial charge is 0.320 e. The van der Waals surface area contributed by atoms with Crippen molar-refractivity contribution in [2.24, 2.45) is 5.73 Å². The van der Waals surface area contributed by atoms with Crippen molar-refractivity contribution in [1.82, 2.24) is 9.97 Å². The first-order chi connectivity index (χ1) is 10.0. The Balaban J connectivity index is 1.91. The lowest BCUT2D eigenvalue weighted by atomic mass is 9.92. The zero-order valence-corrected chi connectivity index (χ0v) is 11.8. The molecule has 0 aliphatic carbocycles. The van der Waals surface area contributed by atoms with Gasteiger partial charge in [0.1, 0.15) is 5.82 Å². The maximum absolute atomic E-state index is 13.0. The fourth-order valence-corrected chi connectivity index (χ4v) is 2.39. The predicted molar refractivity (Wildman–Crippen MR) is 81.2 cm³/mol. The molecule has 0 aliphatic rings. The Bertz CT molecular complexity index is 766. The molecule has 0 amide bonds. The van der Waals surface area contributed by atoms with Crippen molar-refractivity contribution >= 4 is 10.9 Å². The Labute approximate surface area is 122 Å². The first-order valence-electron chi connectivity index (χ1n) is 6.80. The van der Waals surface area contributed by atoms with Gasteiger partial charge >= 0.3 is 0 Å². The van der Waals surface area contributed by atoms with Gasteiger partial charge in [0.05, 0.1) is 22.9 Å². The summed E-state index contributed by atoms with van der Waals surface area (Å²) in [4.78, 5) is 8.70. The van der Waals surface area contributed by atoms with Crippen LogP contribution in [0, 0.1) is 5.82 Å². The molecule has 3 rings (SSSR count). The number of rotatable bonds is 3. The summed E-state index contributed by atoms with van der Waals surface area (Å²) in [7, 11) is 0. The van der Waals surface area contributed by atoms with E-state index in [0.29, 0.717) is 12.1 Å². The van der Waals surface area contributed by atoms with E-state index in [1.54, 1.807) is 6.07 Å². The summed E-state index contributed by atoms with van der Waals surface area (Å²) in [6.07, 6.45) is 1.73. The highest BCUT2D eigenvalue weighted by atomic mass is 19.1.